The molecule has 0 saturated heterocycles. The van der Waals surface area contributed by atoms with Gasteiger partial charge in [-0.05, 0) is 56.4 Å². The van der Waals surface area contributed by atoms with Gasteiger partial charge in [0.25, 0.3) is 0 Å². The second kappa shape index (κ2) is 6.59. The Balaban J connectivity index is 2.43. The fraction of sp³-hybridized carbons (Fsp3) is 0.474. The zero-order valence-corrected chi connectivity index (χ0v) is 14.0. The molecule has 0 saturated carbocycles. The Morgan fingerprint density at radius 2 is 1.62 bits per heavy atom. The van der Waals surface area contributed by atoms with Crippen molar-refractivity contribution >= 4 is 10.8 Å². The lowest BCUT2D eigenvalue weighted by atomic mass is 9.86. The van der Waals surface area contributed by atoms with E-state index in [1.165, 1.54) is 16.3 Å². The number of benzene rings is 2. The Morgan fingerprint density at radius 1 is 1.00 bits per heavy atom. The normalized spacial score (nSPS) is 13.8. The summed E-state index contributed by atoms with van der Waals surface area (Å²) < 4.78 is 0. The van der Waals surface area contributed by atoms with Gasteiger partial charge in [-0.25, -0.2) is 0 Å². The maximum absolute atomic E-state index is 3.53. The van der Waals surface area contributed by atoms with E-state index in [1.807, 2.05) is 0 Å². The highest BCUT2D eigenvalue weighted by atomic mass is 15.2. The van der Waals surface area contributed by atoms with Crippen LogP contribution in [-0.4, -0.2) is 30.6 Å². The van der Waals surface area contributed by atoms with Crippen LogP contribution in [0.1, 0.15) is 39.3 Å². The van der Waals surface area contributed by atoms with E-state index in [9.17, 15) is 0 Å². The van der Waals surface area contributed by atoms with E-state index in [2.05, 4.69) is 87.4 Å². The van der Waals surface area contributed by atoms with Crippen molar-refractivity contribution in [3.05, 3.63) is 48.0 Å². The molecule has 2 aromatic carbocycles. The van der Waals surface area contributed by atoms with Crippen molar-refractivity contribution in [2.24, 2.45) is 0 Å². The first-order valence-corrected chi connectivity index (χ1v) is 7.95. The maximum Gasteiger partial charge on any atom is 0.0499 e. The summed E-state index contributed by atoms with van der Waals surface area (Å²) in [5.41, 5.74) is 1.42. The monoisotopic (exact) mass is 284 g/mol. The Labute approximate surface area is 129 Å². The van der Waals surface area contributed by atoms with Crippen LogP contribution in [0.5, 0.6) is 0 Å². The molecule has 1 N–H and O–H groups in total. The van der Waals surface area contributed by atoms with Crippen molar-refractivity contribution in [2.45, 2.75) is 39.3 Å². The number of fused-ring (bicyclic) bond motifs is 1. The largest absolute Gasteiger partial charge is 0.311 e. The maximum atomic E-state index is 3.53. The Bertz CT molecular complexity index is 585. The van der Waals surface area contributed by atoms with E-state index in [0.29, 0.717) is 6.04 Å². The van der Waals surface area contributed by atoms with Crippen LogP contribution in [0.25, 0.3) is 10.8 Å². The van der Waals surface area contributed by atoms with Crippen molar-refractivity contribution in [3.63, 3.8) is 0 Å². The van der Waals surface area contributed by atoms with E-state index in [0.717, 1.165) is 13.1 Å². The minimum absolute atomic E-state index is 0.0701. The number of likely N-dealkylation sites (N-methyl/N-ethyl adjacent to an activating group) is 2. The Kier molecular flexibility index (Phi) is 5.02. The van der Waals surface area contributed by atoms with E-state index in [4.69, 9.17) is 0 Å². The van der Waals surface area contributed by atoms with Crippen LogP contribution in [0.15, 0.2) is 42.5 Å². The molecule has 2 rings (SSSR count). The van der Waals surface area contributed by atoms with E-state index < -0.39 is 0 Å². The van der Waals surface area contributed by atoms with Gasteiger partial charge in [-0.15, -0.1) is 0 Å². The number of hydrogen-bond donors (Lipinski definition) is 1. The van der Waals surface area contributed by atoms with E-state index in [1.54, 1.807) is 0 Å². The summed E-state index contributed by atoms with van der Waals surface area (Å²) in [7, 11) is 2.06. The van der Waals surface area contributed by atoms with Gasteiger partial charge < -0.3 is 5.32 Å². The molecule has 0 radical (unpaired) electrons. The minimum atomic E-state index is 0.0701. The molecule has 0 aromatic heterocycles. The molecule has 0 aliphatic carbocycles. The van der Waals surface area contributed by atoms with Gasteiger partial charge in [-0.2, -0.15) is 0 Å². The van der Waals surface area contributed by atoms with Crippen LogP contribution in [0.3, 0.4) is 0 Å². The zero-order valence-electron chi connectivity index (χ0n) is 14.0. The first-order valence-electron chi connectivity index (χ1n) is 7.95. The summed E-state index contributed by atoms with van der Waals surface area (Å²) in [6.45, 7) is 11.3. The lowest BCUT2D eigenvalue weighted by Crippen LogP contribution is -2.51. The second-order valence-electron chi connectivity index (χ2n) is 6.15. The number of nitrogens with one attached hydrogen (secondary N) is 1. The van der Waals surface area contributed by atoms with Crippen molar-refractivity contribution in [3.8, 4) is 0 Å². The molecule has 0 bridgehead atoms. The molecule has 1 atom stereocenters. The first-order chi connectivity index (χ1) is 10.0. The van der Waals surface area contributed by atoms with Gasteiger partial charge in [0, 0.05) is 11.6 Å². The number of hydrogen-bond acceptors (Lipinski definition) is 2. The van der Waals surface area contributed by atoms with Crippen LogP contribution < -0.4 is 5.32 Å². The predicted molar refractivity (Wildman–Crippen MR) is 92.7 cm³/mol. The fourth-order valence-corrected chi connectivity index (χ4v) is 3.54. The van der Waals surface area contributed by atoms with Crippen LogP contribution in [-0.2, 0) is 0 Å². The average Bonchev–Trinajstić information content (AvgIpc) is 2.48. The molecule has 0 aliphatic rings. The summed E-state index contributed by atoms with van der Waals surface area (Å²) in [5, 5.41) is 6.14. The highest BCUT2D eigenvalue weighted by Gasteiger charge is 2.34. The molecule has 0 amide bonds. The standard InChI is InChI=1S/C19H28N2/c1-6-21(7-2)19(3,4)18(20-5)17-13-12-15-10-8-9-11-16(15)14-17/h8-14,18,20H,6-7H2,1-5H3. The van der Waals surface area contributed by atoms with Crippen molar-refractivity contribution < 1.29 is 0 Å². The summed E-state index contributed by atoms with van der Waals surface area (Å²) >= 11 is 0. The van der Waals surface area contributed by atoms with Gasteiger partial charge in [0.05, 0.1) is 0 Å². The Hall–Kier alpha value is -1.38. The lowest BCUT2D eigenvalue weighted by Gasteiger charge is -2.43. The van der Waals surface area contributed by atoms with Gasteiger partial charge in [0.2, 0.25) is 0 Å². The third-order valence-electron chi connectivity index (χ3n) is 4.68. The number of nitrogens with zero attached hydrogens (tertiary/aromatic N) is 1. The molecule has 114 valence electrons. The summed E-state index contributed by atoms with van der Waals surface area (Å²) in [6, 6.07) is 15.7. The molecule has 2 aromatic rings. The summed E-state index contributed by atoms with van der Waals surface area (Å²) in [5.74, 6) is 0. The van der Waals surface area contributed by atoms with Gasteiger partial charge >= 0.3 is 0 Å². The van der Waals surface area contributed by atoms with Gasteiger partial charge in [0.15, 0.2) is 0 Å². The van der Waals surface area contributed by atoms with Crippen LogP contribution in [0, 0.1) is 0 Å². The van der Waals surface area contributed by atoms with Crippen molar-refractivity contribution in [1.29, 1.82) is 0 Å². The molecule has 0 fully saturated rings. The van der Waals surface area contributed by atoms with Crippen LogP contribution in [0.2, 0.25) is 0 Å². The third-order valence-corrected chi connectivity index (χ3v) is 4.68. The quantitative estimate of drug-likeness (QED) is 0.854. The molecule has 21 heavy (non-hydrogen) atoms. The topological polar surface area (TPSA) is 15.3 Å². The van der Waals surface area contributed by atoms with E-state index >= 15 is 0 Å². The molecule has 0 aliphatic heterocycles. The van der Waals surface area contributed by atoms with Crippen molar-refractivity contribution in [1.82, 2.24) is 10.2 Å². The first kappa shape index (κ1) is 16.0. The lowest BCUT2D eigenvalue weighted by molar-refractivity contribution is 0.0945. The van der Waals surface area contributed by atoms with Gasteiger partial charge in [-0.1, -0.05) is 50.2 Å². The Morgan fingerprint density at radius 3 is 2.19 bits per heavy atom. The molecular weight excluding hydrogens is 256 g/mol. The molecular formula is C19H28N2. The molecule has 0 spiro atoms. The van der Waals surface area contributed by atoms with Gasteiger partial charge in [-0.3, -0.25) is 4.90 Å². The zero-order chi connectivity index (χ0) is 15.5. The highest BCUT2D eigenvalue weighted by molar-refractivity contribution is 5.83. The highest BCUT2D eigenvalue weighted by Crippen LogP contribution is 2.32. The summed E-state index contributed by atoms with van der Waals surface area (Å²) in [4.78, 5) is 2.52. The fourth-order valence-electron chi connectivity index (χ4n) is 3.54. The minimum Gasteiger partial charge on any atom is -0.311 e. The molecule has 1 unspecified atom stereocenters. The van der Waals surface area contributed by atoms with Crippen LogP contribution in [0.4, 0.5) is 0 Å². The van der Waals surface area contributed by atoms with Crippen molar-refractivity contribution in [2.75, 3.05) is 20.1 Å². The number of rotatable bonds is 6. The molecule has 2 nitrogen and oxygen atoms in total. The second-order valence-corrected chi connectivity index (χ2v) is 6.15. The van der Waals surface area contributed by atoms with E-state index in [-0.39, 0.29) is 5.54 Å². The van der Waals surface area contributed by atoms with Gasteiger partial charge in [0.1, 0.15) is 0 Å². The SMILES string of the molecule is CCN(CC)C(C)(C)C(NC)c1ccc2ccccc2c1. The smallest absolute Gasteiger partial charge is 0.0499 e. The molecule has 2 heteroatoms. The predicted octanol–water partition coefficient (Wildman–Crippen LogP) is 4.22. The molecule has 0 heterocycles. The third kappa shape index (κ3) is 3.12. The summed E-state index contributed by atoms with van der Waals surface area (Å²) in [6.07, 6.45) is 0. The average molecular weight is 284 g/mol. The van der Waals surface area contributed by atoms with Crippen LogP contribution >= 0.6 is 0 Å².